The van der Waals surface area contributed by atoms with Gasteiger partial charge in [-0.25, -0.2) is 28.5 Å². The highest BCUT2D eigenvalue weighted by Gasteiger charge is 2.47. The Labute approximate surface area is 311 Å². The first-order valence-electron chi connectivity index (χ1n) is 17.6. The van der Waals surface area contributed by atoms with Crippen LogP contribution in [-0.2, 0) is 23.1 Å². The van der Waals surface area contributed by atoms with Crippen molar-refractivity contribution in [1.29, 1.82) is 0 Å². The molecule has 1 aliphatic carbocycles. The van der Waals surface area contributed by atoms with E-state index < -0.39 is 43.1 Å². The van der Waals surface area contributed by atoms with Crippen LogP contribution in [0.1, 0.15) is 80.2 Å². The van der Waals surface area contributed by atoms with E-state index in [2.05, 4.69) is 30.2 Å². The van der Waals surface area contributed by atoms with Crippen molar-refractivity contribution in [3.8, 4) is 11.8 Å². The number of phosphoric acid groups is 1. The van der Waals surface area contributed by atoms with Gasteiger partial charge in [-0.05, 0) is 86.3 Å². The van der Waals surface area contributed by atoms with Crippen molar-refractivity contribution in [1.82, 2.24) is 30.2 Å². The molecule has 2 bridgehead atoms. The van der Waals surface area contributed by atoms with E-state index in [1.54, 1.807) is 27.7 Å². The third kappa shape index (κ3) is 8.67. The fourth-order valence-electron chi connectivity index (χ4n) is 6.74. The molecule has 0 spiro atoms. The molecular formula is C35H46FN8O9P. The average Bonchev–Trinajstić information content (AvgIpc) is 3.75. The van der Waals surface area contributed by atoms with Gasteiger partial charge in [0.1, 0.15) is 34.6 Å². The molecule has 1 saturated heterocycles. The summed E-state index contributed by atoms with van der Waals surface area (Å²) in [6, 6.07) is 2.38. The normalized spacial score (nSPS) is 20.2. The van der Waals surface area contributed by atoms with Crippen molar-refractivity contribution in [3.05, 3.63) is 36.2 Å². The molecule has 5 atom stereocenters. The number of benzene rings is 1. The minimum atomic E-state index is -4.30. The highest BCUT2D eigenvalue weighted by Crippen LogP contribution is 2.48. The first kappa shape index (κ1) is 39.1. The summed E-state index contributed by atoms with van der Waals surface area (Å²) in [5.41, 5.74) is -0.452. The third-order valence-electron chi connectivity index (χ3n) is 8.81. The van der Waals surface area contributed by atoms with Crippen molar-refractivity contribution >= 4 is 53.5 Å². The Hall–Kier alpha value is -4.64. The maximum atomic E-state index is 15.4. The summed E-state index contributed by atoms with van der Waals surface area (Å²) >= 11 is 0. The zero-order valence-electron chi connectivity index (χ0n) is 31.7. The van der Waals surface area contributed by atoms with E-state index in [-0.39, 0.29) is 47.9 Å². The summed E-state index contributed by atoms with van der Waals surface area (Å²) < 4.78 is 54.5. The molecule has 6 rings (SSSR count). The van der Waals surface area contributed by atoms with Gasteiger partial charge in [0.25, 0.3) is 0 Å². The van der Waals surface area contributed by atoms with Crippen molar-refractivity contribution in [3.63, 3.8) is 0 Å². The Morgan fingerprint density at radius 1 is 1.11 bits per heavy atom. The molecule has 17 nitrogen and oxygen atoms in total. The maximum Gasteiger partial charge on any atom is 0.472 e. The first-order chi connectivity index (χ1) is 25.2. The number of phosphoric ester groups is 1. The van der Waals surface area contributed by atoms with E-state index in [0.29, 0.717) is 40.7 Å². The van der Waals surface area contributed by atoms with Gasteiger partial charge in [0.05, 0.1) is 35.6 Å². The Kier molecular flexibility index (Phi) is 10.5. The molecule has 4 heterocycles. The van der Waals surface area contributed by atoms with Crippen LogP contribution >= 0.6 is 7.82 Å². The predicted molar refractivity (Wildman–Crippen MR) is 196 cm³/mol. The Morgan fingerprint density at radius 2 is 1.80 bits per heavy atom. The second-order valence-corrected chi connectivity index (χ2v) is 16.8. The van der Waals surface area contributed by atoms with Crippen LogP contribution in [0, 0.1) is 11.7 Å². The highest BCUT2D eigenvalue weighted by atomic mass is 31.2. The number of nitrogens with zero attached hydrogens (tertiary/aromatic N) is 6. The zero-order valence-corrected chi connectivity index (χ0v) is 32.6. The number of aromatic nitrogens is 5. The summed E-state index contributed by atoms with van der Waals surface area (Å²) in [7, 11) is -2.81. The summed E-state index contributed by atoms with van der Waals surface area (Å²) in [5, 5.41) is 3.98. The molecule has 1 aromatic carbocycles. The largest absolute Gasteiger partial charge is 0.472 e. The Bertz CT molecular complexity index is 2100. The molecule has 292 valence electrons. The van der Waals surface area contributed by atoms with Crippen LogP contribution in [0.3, 0.4) is 0 Å². The van der Waals surface area contributed by atoms with Crippen LogP contribution in [0.15, 0.2) is 24.5 Å². The fraction of sp³-hybridized carbons (Fsp3) is 0.543. The minimum Gasteiger partial charge on any atom is -0.444 e. The van der Waals surface area contributed by atoms with Gasteiger partial charge in [-0.3, -0.25) is 13.9 Å². The second kappa shape index (κ2) is 14.5. The van der Waals surface area contributed by atoms with Gasteiger partial charge >= 0.3 is 26.0 Å². The number of ether oxygens (including phenoxy) is 3. The SMILES string of the molecule is CCOP(=O)(O)OC(C)c1ncc(Oc2nc(N3CC4CC3CC4NC(=O)OC(C)(C)C)c3c(n2)[nH]c2c(N(C)C(=O)OC(C)(C)C)cc(F)cc23)cn1. The molecular weight excluding hydrogens is 726 g/mol. The molecule has 3 aromatic heterocycles. The Balaban J connectivity index is 1.36. The number of fused-ring (bicyclic) bond motifs is 5. The number of hydrogen-bond acceptors (Lipinski definition) is 13. The highest BCUT2D eigenvalue weighted by molar-refractivity contribution is 7.47. The summed E-state index contributed by atoms with van der Waals surface area (Å²) in [4.78, 5) is 60.1. The smallest absolute Gasteiger partial charge is 0.444 e. The quantitative estimate of drug-likeness (QED) is 0.140. The third-order valence-corrected chi connectivity index (χ3v) is 9.98. The number of halogens is 1. The van der Waals surface area contributed by atoms with E-state index in [1.807, 2.05) is 20.8 Å². The molecule has 1 aliphatic heterocycles. The van der Waals surface area contributed by atoms with E-state index >= 15 is 4.39 Å². The van der Waals surface area contributed by atoms with Crippen LogP contribution in [0.25, 0.3) is 21.9 Å². The van der Waals surface area contributed by atoms with Crippen molar-refractivity contribution < 1.29 is 46.7 Å². The van der Waals surface area contributed by atoms with Crippen LogP contribution in [0.4, 0.5) is 25.5 Å². The first-order valence-corrected chi connectivity index (χ1v) is 19.1. The number of aromatic amines is 1. The van der Waals surface area contributed by atoms with Crippen molar-refractivity contribution in [2.24, 2.45) is 5.92 Å². The lowest BCUT2D eigenvalue weighted by atomic mass is 10.0. The number of piperidine rings is 1. The van der Waals surface area contributed by atoms with E-state index in [1.165, 1.54) is 43.4 Å². The molecule has 2 aliphatic rings. The zero-order chi connectivity index (χ0) is 39.3. The minimum absolute atomic E-state index is 0.0179. The van der Waals surface area contributed by atoms with Crippen LogP contribution in [-0.4, -0.2) is 85.5 Å². The Morgan fingerprint density at radius 3 is 2.41 bits per heavy atom. The van der Waals surface area contributed by atoms with Gasteiger partial charge in [0, 0.05) is 31.1 Å². The van der Waals surface area contributed by atoms with Crippen LogP contribution in [0.2, 0.25) is 0 Å². The van der Waals surface area contributed by atoms with E-state index in [0.717, 1.165) is 6.42 Å². The molecule has 1 saturated carbocycles. The second-order valence-electron chi connectivity index (χ2n) is 15.4. The molecule has 54 heavy (non-hydrogen) atoms. The standard InChI is InChI=1S/C35H46FN8O9P/c1-10-49-54(47,48)53-18(2)28-37-15-22(16-38-28)50-31-41-29-26(23-12-20(36)13-25(27(23)40-29)43(9)33(46)52-35(6,7)8)30(42-31)44-17-19-11-21(44)14-24(19)39-32(45)51-34(3,4)5/h12-13,15-16,18-19,21,24H,10-11,14,17H2,1-9H3,(H,39,45)(H,47,48)(H,40,41,42). The monoisotopic (exact) mass is 772 g/mol. The number of amides is 2. The molecule has 4 aromatic rings. The number of rotatable bonds is 10. The van der Waals surface area contributed by atoms with Crippen molar-refractivity contribution in [2.75, 3.05) is 30.0 Å². The summed E-state index contributed by atoms with van der Waals surface area (Å²) in [6.07, 6.45) is 1.95. The average molecular weight is 773 g/mol. The number of carbonyl (C=O) groups excluding carboxylic acids is 2. The van der Waals surface area contributed by atoms with Gasteiger partial charge in [0.15, 0.2) is 11.6 Å². The number of nitrogens with one attached hydrogen (secondary N) is 2. The summed E-state index contributed by atoms with van der Waals surface area (Å²) in [6.45, 7) is 14.2. The van der Waals surface area contributed by atoms with Gasteiger partial charge in [-0.1, -0.05) is 0 Å². The number of anilines is 2. The molecule has 5 unspecified atom stereocenters. The predicted octanol–water partition coefficient (Wildman–Crippen LogP) is 6.91. The van der Waals surface area contributed by atoms with E-state index in [4.69, 9.17) is 28.2 Å². The van der Waals surface area contributed by atoms with Gasteiger partial charge in [-0.2, -0.15) is 9.97 Å². The number of H-pyrrole nitrogens is 1. The maximum absolute atomic E-state index is 15.4. The summed E-state index contributed by atoms with van der Waals surface area (Å²) in [5.74, 6) is 0.226. The van der Waals surface area contributed by atoms with Crippen LogP contribution < -0.4 is 19.9 Å². The number of alkyl carbamates (subject to hydrolysis) is 1. The van der Waals surface area contributed by atoms with Gasteiger partial charge in [0.2, 0.25) is 0 Å². The number of hydrogen-bond donors (Lipinski definition) is 3. The lowest BCUT2D eigenvalue weighted by Crippen LogP contribution is -2.47. The topological polar surface area (TPSA) is 203 Å². The van der Waals surface area contributed by atoms with Crippen molar-refractivity contribution in [2.45, 2.75) is 97.6 Å². The van der Waals surface area contributed by atoms with E-state index in [9.17, 15) is 19.0 Å². The van der Waals surface area contributed by atoms with Crippen LogP contribution in [0.5, 0.6) is 11.8 Å². The van der Waals surface area contributed by atoms with Gasteiger partial charge < -0.3 is 34.3 Å². The molecule has 0 radical (unpaired) electrons. The van der Waals surface area contributed by atoms with Gasteiger partial charge in [-0.15, -0.1) is 0 Å². The lowest BCUT2D eigenvalue weighted by molar-refractivity contribution is 0.0490. The fourth-order valence-corrected chi connectivity index (χ4v) is 7.62. The molecule has 2 fully saturated rings. The molecule has 2 amide bonds. The lowest BCUT2D eigenvalue weighted by Gasteiger charge is -2.33. The molecule has 3 N–H and O–H groups in total. The molecule has 19 heteroatoms. The number of carbonyl (C=O) groups is 2.